The summed E-state index contributed by atoms with van der Waals surface area (Å²) in [5, 5.41) is 11.9. The fourth-order valence-corrected chi connectivity index (χ4v) is 5.93. The van der Waals surface area contributed by atoms with Crippen LogP contribution in [0.15, 0.2) is 78.9 Å². The number of ketones is 1. The van der Waals surface area contributed by atoms with Crippen molar-refractivity contribution in [3.63, 3.8) is 0 Å². The number of nitrogens with one attached hydrogen (secondary N) is 4. The molecule has 0 aliphatic heterocycles. The Hall–Kier alpha value is -5.77. The number of benzene rings is 3. The van der Waals surface area contributed by atoms with Gasteiger partial charge in [-0.25, -0.2) is 4.79 Å². The summed E-state index contributed by atoms with van der Waals surface area (Å²) < 4.78 is 48.5. The minimum absolute atomic E-state index is 0.0261. The van der Waals surface area contributed by atoms with Gasteiger partial charge in [-0.1, -0.05) is 54.1 Å². The molecule has 1 aromatic heterocycles. The lowest BCUT2D eigenvalue weighted by molar-refractivity contribution is -0.154. The third-order valence-electron chi connectivity index (χ3n) is 8.92. The van der Waals surface area contributed by atoms with Crippen LogP contribution in [0.4, 0.5) is 30.8 Å². The SMILES string of the molecule is COC(=O)[C@H](CCC(=O)C(=O)N[C@H]1C[C@H]1c1ccccc1)NC(=O)c1ccc(Nc2nc(NC3(c4ccc(Cl)cc4)CC3)nc(OCC(F)(F)F)n2)cc1. The van der Waals surface area contributed by atoms with E-state index in [2.05, 4.69) is 36.2 Å². The second-order valence-corrected chi connectivity index (χ2v) is 13.4. The number of anilines is 3. The Morgan fingerprint density at radius 1 is 0.926 bits per heavy atom. The first-order valence-electron chi connectivity index (χ1n) is 16.9. The molecule has 4 aromatic rings. The average molecular weight is 766 g/mol. The molecule has 2 saturated carbocycles. The Labute approximate surface area is 312 Å². The maximum atomic E-state index is 13.1. The zero-order valence-corrected chi connectivity index (χ0v) is 29.5. The molecule has 2 amide bonds. The average Bonchev–Trinajstić information content (AvgIpc) is 4.10. The lowest BCUT2D eigenvalue weighted by Crippen LogP contribution is -2.42. The van der Waals surface area contributed by atoms with E-state index in [0.717, 1.165) is 24.7 Å². The lowest BCUT2D eigenvalue weighted by Gasteiger charge is -2.19. The molecular formula is C37H35ClF3N7O6. The van der Waals surface area contributed by atoms with Gasteiger partial charge < -0.3 is 30.7 Å². The first-order chi connectivity index (χ1) is 25.8. The van der Waals surface area contributed by atoms with Gasteiger partial charge in [-0.2, -0.15) is 28.1 Å². The van der Waals surface area contributed by atoms with Gasteiger partial charge in [0.1, 0.15) is 6.04 Å². The van der Waals surface area contributed by atoms with Crippen molar-refractivity contribution in [1.82, 2.24) is 25.6 Å². The van der Waals surface area contributed by atoms with Crippen molar-refractivity contribution in [3.8, 4) is 6.01 Å². The lowest BCUT2D eigenvalue weighted by atomic mass is 10.1. The summed E-state index contributed by atoms with van der Waals surface area (Å²) >= 11 is 6.03. The summed E-state index contributed by atoms with van der Waals surface area (Å²) in [6.07, 6.45) is -2.98. The Bertz CT molecular complexity index is 2000. The van der Waals surface area contributed by atoms with Gasteiger partial charge in [0, 0.05) is 34.7 Å². The van der Waals surface area contributed by atoms with Crippen molar-refractivity contribution in [3.05, 3.63) is 101 Å². The van der Waals surface area contributed by atoms with Gasteiger partial charge in [-0.05, 0) is 73.2 Å². The summed E-state index contributed by atoms with van der Waals surface area (Å²) in [5.74, 6) is -2.98. The smallest absolute Gasteiger partial charge is 0.422 e. The maximum Gasteiger partial charge on any atom is 0.422 e. The molecular weight excluding hydrogens is 731 g/mol. The molecule has 2 aliphatic carbocycles. The summed E-state index contributed by atoms with van der Waals surface area (Å²) in [4.78, 5) is 63.1. The summed E-state index contributed by atoms with van der Waals surface area (Å²) in [5.41, 5.74) is 1.90. The van der Waals surface area contributed by atoms with E-state index in [0.29, 0.717) is 23.6 Å². The highest BCUT2D eigenvalue weighted by Gasteiger charge is 2.45. The minimum atomic E-state index is -4.63. The summed E-state index contributed by atoms with van der Waals surface area (Å²) in [6, 6.07) is 20.6. The van der Waals surface area contributed by atoms with Gasteiger partial charge >= 0.3 is 18.2 Å². The molecule has 2 aliphatic rings. The van der Waals surface area contributed by atoms with Crippen molar-refractivity contribution in [2.75, 3.05) is 24.4 Å². The van der Waals surface area contributed by atoms with Crippen LogP contribution in [0.2, 0.25) is 5.02 Å². The normalized spacial score (nSPS) is 17.4. The number of rotatable bonds is 16. The molecule has 54 heavy (non-hydrogen) atoms. The Balaban J connectivity index is 1.07. The first kappa shape index (κ1) is 38.0. The van der Waals surface area contributed by atoms with E-state index in [-0.39, 0.29) is 42.3 Å². The standard InChI is InChI=1S/C37H35ClF3N7O6/c1-53-32(52)27(15-16-29(49)31(51)44-28-19-26(28)21-5-3-2-4-6-21)43-30(50)22-7-13-25(14-8-22)42-33-45-34(47-35(46-33)54-20-37(39,40)41)48-36(17-18-36)23-9-11-24(38)12-10-23/h2-14,26-28H,15-20H2,1H3,(H,43,50)(H,44,51)(H2,42,45,46,47,48)/t26-,27-,28-/m0/s1. The van der Waals surface area contributed by atoms with E-state index in [4.69, 9.17) is 21.1 Å². The van der Waals surface area contributed by atoms with Gasteiger partial charge in [0.25, 0.3) is 11.8 Å². The molecule has 2 fully saturated rings. The van der Waals surface area contributed by atoms with E-state index in [1.165, 1.54) is 24.3 Å². The van der Waals surface area contributed by atoms with Gasteiger partial charge in [-0.15, -0.1) is 0 Å². The number of hydrogen-bond donors (Lipinski definition) is 4. The van der Waals surface area contributed by atoms with Gasteiger partial charge in [0.2, 0.25) is 17.7 Å². The van der Waals surface area contributed by atoms with Crippen LogP contribution in [-0.2, 0) is 24.7 Å². The molecule has 4 N–H and O–H groups in total. The maximum absolute atomic E-state index is 13.1. The number of halogens is 4. The van der Waals surface area contributed by atoms with Gasteiger partial charge in [0.15, 0.2) is 6.61 Å². The van der Waals surface area contributed by atoms with Crippen LogP contribution >= 0.6 is 11.6 Å². The second-order valence-electron chi connectivity index (χ2n) is 12.9. The third kappa shape index (κ3) is 10.0. The van der Waals surface area contributed by atoms with Crippen molar-refractivity contribution in [2.24, 2.45) is 0 Å². The molecule has 0 unspecified atom stereocenters. The highest BCUT2D eigenvalue weighted by molar-refractivity contribution is 6.36. The van der Waals surface area contributed by atoms with Gasteiger partial charge in [-0.3, -0.25) is 14.4 Å². The monoisotopic (exact) mass is 765 g/mol. The van der Waals surface area contributed by atoms with Gasteiger partial charge in [0.05, 0.1) is 12.6 Å². The number of alkyl halides is 3. The molecule has 3 aromatic carbocycles. The van der Waals surface area contributed by atoms with E-state index < -0.39 is 53.9 Å². The van der Waals surface area contributed by atoms with Crippen LogP contribution in [0.3, 0.4) is 0 Å². The number of ether oxygens (including phenoxy) is 2. The predicted molar refractivity (Wildman–Crippen MR) is 190 cm³/mol. The second kappa shape index (κ2) is 16.1. The number of nitrogens with zero attached hydrogens (tertiary/aromatic N) is 3. The molecule has 3 atom stereocenters. The molecule has 0 radical (unpaired) electrons. The van der Waals surface area contributed by atoms with Crippen LogP contribution in [0.1, 0.15) is 59.5 Å². The van der Waals surface area contributed by atoms with Crippen LogP contribution < -0.4 is 26.0 Å². The van der Waals surface area contributed by atoms with Crippen LogP contribution in [0.5, 0.6) is 6.01 Å². The van der Waals surface area contributed by atoms with Crippen LogP contribution in [0, 0.1) is 0 Å². The quantitative estimate of drug-likeness (QED) is 0.0826. The number of amides is 2. The van der Waals surface area contributed by atoms with E-state index >= 15 is 0 Å². The number of methoxy groups -OCH3 is 1. The zero-order valence-electron chi connectivity index (χ0n) is 28.8. The molecule has 282 valence electrons. The number of hydrogen-bond acceptors (Lipinski definition) is 11. The van der Waals surface area contributed by atoms with Crippen molar-refractivity contribution in [2.45, 2.75) is 61.8 Å². The molecule has 13 nitrogen and oxygen atoms in total. The molecule has 1 heterocycles. The Kier molecular flexibility index (Phi) is 11.3. The number of Topliss-reactive ketones (excluding diaryl/α,β-unsaturated/α-hetero) is 1. The van der Waals surface area contributed by atoms with E-state index in [1.54, 1.807) is 12.1 Å². The summed E-state index contributed by atoms with van der Waals surface area (Å²) in [6.45, 7) is -1.62. The first-order valence-corrected chi connectivity index (χ1v) is 17.3. The molecule has 0 saturated heterocycles. The zero-order chi connectivity index (χ0) is 38.5. The fourth-order valence-electron chi connectivity index (χ4n) is 5.80. The van der Waals surface area contributed by atoms with Crippen molar-refractivity contribution in [1.29, 1.82) is 0 Å². The van der Waals surface area contributed by atoms with E-state index in [9.17, 15) is 32.3 Å². The van der Waals surface area contributed by atoms with Crippen molar-refractivity contribution < 1.29 is 41.8 Å². The highest BCUT2D eigenvalue weighted by atomic mass is 35.5. The number of carbonyl (C=O) groups is 4. The Morgan fingerprint density at radius 2 is 1.61 bits per heavy atom. The molecule has 0 bridgehead atoms. The number of aromatic nitrogens is 3. The number of carbonyl (C=O) groups excluding carboxylic acids is 4. The van der Waals surface area contributed by atoms with Crippen LogP contribution in [0.25, 0.3) is 0 Å². The van der Waals surface area contributed by atoms with Crippen molar-refractivity contribution >= 4 is 52.8 Å². The molecule has 6 rings (SSSR count). The minimum Gasteiger partial charge on any atom is -0.467 e. The topological polar surface area (TPSA) is 174 Å². The highest BCUT2D eigenvalue weighted by Crippen LogP contribution is 2.48. The Morgan fingerprint density at radius 3 is 2.26 bits per heavy atom. The van der Waals surface area contributed by atoms with Crippen LogP contribution in [-0.4, -0.2) is 70.5 Å². The predicted octanol–water partition coefficient (Wildman–Crippen LogP) is 5.60. The molecule has 17 heteroatoms. The fraction of sp³-hybridized carbons (Fsp3) is 0.324. The third-order valence-corrected chi connectivity index (χ3v) is 9.17. The van der Waals surface area contributed by atoms with E-state index in [1.807, 2.05) is 42.5 Å². The number of esters is 1. The summed E-state index contributed by atoms with van der Waals surface area (Å²) in [7, 11) is 1.14. The largest absolute Gasteiger partial charge is 0.467 e. The molecule has 0 spiro atoms.